The Hall–Kier alpha value is -2.97. The molecule has 27 heavy (non-hydrogen) atoms. The monoisotopic (exact) mass is 378 g/mol. The van der Waals surface area contributed by atoms with Crippen molar-refractivity contribution in [1.29, 1.82) is 0 Å². The molecule has 1 atom stereocenters. The summed E-state index contributed by atoms with van der Waals surface area (Å²) in [6.07, 6.45) is -1.22. The molecule has 0 N–H and O–H groups in total. The van der Waals surface area contributed by atoms with E-state index in [1.54, 1.807) is 13.8 Å². The van der Waals surface area contributed by atoms with Crippen molar-refractivity contribution in [2.45, 2.75) is 45.4 Å². The van der Waals surface area contributed by atoms with Crippen molar-refractivity contribution in [2.75, 3.05) is 6.73 Å². The van der Waals surface area contributed by atoms with Crippen LogP contribution >= 0.6 is 0 Å². The van der Waals surface area contributed by atoms with E-state index in [0.717, 1.165) is 11.0 Å². The molecule has 1 fully saturated rings. The number of carbonyl (C=O) groups is 4. The summed E-state index contributed by atoms with van der Waals surface area (Å²) in [5.74, 6) is -2.13. The lowest BCUT2D eigenvalue weighted by Gasteiger charge is -2.34. The first-order chi connectivity index (χ1) is 12.8. The molecular formula is C18H19FN2O6. The average molecular weight is 378 g/mol. The molecule has 2 heterocycles. The molecule has 0 saturated carbocycles. The molecule has 144 valence electrons. The van der Waals surface area contributed by atoms with Gasteiger partial charge in [-0.05, 0) is 38.0 Å². The van der Waals surface area contributed by atoms with Crippen LogP contribution in [0.3, 0.4) is 0 Å². The summed E-state index contributed by atoms with van der Waals surface area (Å²) < 4.78 is 23.0. The minimum atomic E-state index is -0.993. The molecule has 9 heteroatoms. The Morgan fingerprint density at radius 2 is 2.04 bits per heavy atom. The van der Waals surface area contributed by atoms with Crippen molar-refractivity contribution in [2.24, 2.45) is 0 Å². The third-order valence-electron chi connectivity index (χ3n) is 4.41. The van der Waals surface area contributed by atoms with E-state index in [0.29, 0.717) is 5.56 Å². The predicted molar refractivity (Wildman–Crippen MR) is 88.7 cm³/mol. The molecule has 3 rings (SSSR count). The molecule has 1 unspecified atom stereocenters. The maximum Gasteiger partial charge on any atom is 0.510 e. The number of hydrogen-bond acceptors (Lipinski definition) is 6. The van der Waals surface area contributed by atoms with E-state index in [-0.39, 0.29) is 24.9 Å². The zero-order valence-corrected chi connectivity index (χ0v) is 14.9. The smallest absolute Gasteiger partial charge is 0.432 e. The van der Waals surface area contributed by atoms with Gasteiger partial charge in [0.05, 0.1) is 6.10 Å². The third kappa shape index (κ3) is 3.76. The Balaban J connectivity index is 1.71. The number of carbonyl (C=O) groups excluding carboxylic acids is 4. The van der Waals surface area contributed by atoms with Gasteiger partial charge in [0.1, 0.15) is 11.9 Å². The van der Waals surface area contributed by atoms with Gasteiger partial charge in [0.2, 0.25) is 5.91 Å². The lowest BCUT2D eigenvalue weighted by atomic mass is 10.0. The van der Waals surface area contributed by atoms with Crippen LogP contribution in [-0.2, 0) is 25.6 Å². The number of likely N-dealkylation sites (tertiary alicyclic amines) is 1. The van der Waals surface area contributed by atoms with Gasteiger partial charge in [0, 0.05) is 18.5 Å². The molecule has 0 aromatic heterocycles. The van der Waals surface area contributed by atoms with Gasteiger partial charge in [-0.1, -0.05) is 6.07 Å². The summed E-state index contributed by atoms with van der Waals surface area (Å²) in [5.41, 5.74) is 0.831. The summed E-state index contributed by atoms with van der Waals surface area (Å²) in [7, 11) is 0. The number of rotatable bonds is 4. The van der Waals surface area contributed by atoms with E-state index in [2.05, 4.69) is 0 Å². The number of nitrogens with zero attached hydrogens (tertiary/aromatic N) is 2. The van der Waals surface area contributed by atoms with E-state index in [1.165, 1.54) is 17.0 Å². The molecule has 1 aromatic rings. The SMILES string of the molecule is CC(C)OC(=O)OCN1C(=O)CCC(N2Cc3ccc(F)cc3C2=O)C1=O. The molecule has 0 spiro atoms. The van der Waals surface area contributed by atoms with Gasteiger partial charge < -0.3 is 14.4 Å². The summed E-state index contributed by atoms with van der Waals surface area (Å²) in [4.78, 5) is 51.0. The Morgan fingerprint density at radius 1 is 1.30 bits per heavy atom. The van der Waals surface area contributed by atoms with E-state index in [1.807, 2.05) is 0 Å². The number of benzene rings is 1. The van der Waals surface area contributed by atoms with Crippen molar-refractivity contribution in [1.82, 2.24) is 9.80 Å². The maximum atomic E-state index is 13.4. The molecule has 8 nitrogen and oxygen atoms in total. The summed E-state index contributed by atoms with van der Waals surface area (Å²) in [5, 5.41) is 0. The molecule has 2 aliphatic rings. The lowest BCUT2D eigenvalue weighted by Crippen LogP contribution is -2.55. The van der Waals surface area contributed by atoms with Crippen LogP contribution in [-0.4, -0.2) is 52.6 Å². The van der Waals surface area contributed by atoms with Gasteiger partial charge in [0.25, 0.3) is 11.8 Å². The topological polar surface area (TPSA) is 93.2 Å². The van der Waals surface area contributed by atoms with Crippen molar-refractivity contribution in [3.05, 3.63) is 35.1 Å². The minimum Gasteiger partial charge on any atom is -0.432 e. The maximum absolute atomic E-state index is 13.4. The number of piperidine rings is 1. The predicted octanol–water partition coefficient (Wildman–Crippen LogP) is 1.82. The molecular weight excluding hydrogens is 359 g/mol. The van der Waals surface area contributed by atoms with Crippen LogP contribution in [0.4, 0.5) is 9.18 Å². The molecule has 3 amide bonds. The zero-order chi connectivity index (χ0) is 19.7. The van der Waals surface area contributed by atoms with Crippen molar-refractivity contribution < 1.29 is 33.0 Å². The Morgan fingerprint density at radius 3 is 2.74 bits per heavy atom. The normalized spacial score (nSPS) is 19.6. The van der Waals surface area contributed by atoms with Gasteiger partial charge in [0.15, 0.2) is 6.73 Å². The van der Waals surface area contributed by atoms with Crippen LogP contribution in [0.15, 0.2) is 18.2 Å². The molecule has 0 aliphatic carbocycles. The fourth-order valence-corrected chi connectivity index (χ4v) is 3.14. The van der Waals surface area contributed by atoms with Crippen molar-refractivity contribution >= 4 is 23.9 Å². The Bertz CT molecular complexity index is 809. The average Bonchev–Trinajstić information content (AvgIpc) is 2.90. The highest BCUT2D eigenvalue weighted by molar-refractivity contribution is 6.05. The van der Waals surface area contributed by atoms with Crippen LogP contribution in [0.1, 0.15) is 42.6 Å². The molecule has 0 radical (unpaired) electrons. The van der Waals surface area contributed by atoms with Gasteiger partial charge in [-0.3, -0.25) is 14.4 Å². The van der Waals surface area contributed by atoms with Crippen LogP contribution in [0.2, 0.25) is 0 Å². The number of hydrogen-bond donors (Lipinski definition) is 0. The van der Waals surface area contributed by atoms with Crippen molar-refractivity contribution in [3.63, 3.8) is 0 Å². The first kappa shape index (κ1) is 18.8. The number of fused-ring (bicyclic) bond motifs is 1. The van der Waals surface area contributed by atoms with Crippen LogP contribution in [0, 0.1) is 5.82 Å². The standard InChI is InChI=1S/C18H19FN2O6/c1-10(2)27-18(25)26-9-21-15(22)6-5-14(17(21)24)20-8-11-3-4-12(19)7-13(11)16(20)23/h3-4,7,10,14H,5-6,8-9H2,1-2H3. The summed E-state index contributed by atoms with van der Waals surface area (Å²) in [6.45, 7) is 2.84. The van der Waals surface area contributed by atoms with Crippen LogP contribution < -0.4 is 0 Å². The molecule has 1 saturated heterocycles. The van der Waals surface area contributed by atoms with Crippen LogP contribution in [0.25, 0.3) is 0 Å². The highest BCUT2D eigenvalue weighted by Gasteiger charge is 2.43. The molecule has 1 aromatic carbocycles. The van der Waals surface area contributed by atoms with Crippen LogP contribution in [0.5, 0.6) is 0 Å². The first-order valence-electron chi connectivity index (χ1n) is 8.55. The fraction of sp³-hybridized carbons (Fsp3) is 0.444. The second-order valence-corrected chi connectivity index (χ2v) is 6.64. The number of imide groups is 1. The highest BCUT2D eigenvalue weighted by atomic mass is 19.1. The van der Waals surface area contributed by atoms with Gasteiger partial charge in [-0.2, -0.15) is 0 Å². The number of ether oxygens (including phenoxy) is 2. The van der Waals surface area contributed by atoms with E-state index < -0.39 is 48.6 Å². The second kappa shape index (κ2) is 7.34. The largest absolute Gasteiger partial charge is 0.510 e. The summed E-state index contributed by atoms with van der Waals surface area (Å²) in [6, 6.07) is 3.01. The van der Waals surface area contributed by atoms with E-state index >= 15 is 0 Å². The van der Waals surface area contributed by atoms with Gasteiger partial charge in [-0.25, -0.2) is 14.1 Å². The minimum absolute atomic E-state index is 0.0213. The van der Waals surface area contributed by atoms with Gasteiger partial charge >= 0.3 is 6.16 Å². The zero-order valence-electron chi connectivity index (χ0n) is 14.9. The second-order valence-electron chi connectivity index (χ2n) is 6.64. The fourth-order valence-electron chi connectivity index (χ4n) is 3.14. The first-order valence-corrected chi connectivity index (χ1v) is 8.55. The molecule has 2 aliphatic heterocycles. The third-order valence-corrected chi connectivity index (χ3v) is 4.41. The van der Waals surface area contributed by atoms with Crippen molar-refractivity contribution in [3.8, 4) is 0 Å². The molecule has 0 bridgehead atoms. The number of halogens is 1. The van der Waals surface area contributed by atoms with E-state index in [9.17, 15) is 23.6 Å². The number of amides is 3. The Kier molecular flexibility index (Phi) is 5.11. The van der Waals surface area contributed by atoms with E-state index in [4.69, 9.17) is 9.47 Å². The summed E-state index contributed by atoms with van der Waals surface area (Å²) >= 11 is 0. The quantitative estimate of drug-likeness (QED) is 0.586. The highest BCUT2D eigenvalue weighted by Crippen LogP contribution is 2.29. The van der Waals surface area contributed by atoms with Gasteiger partial charge in [-0.15, -0.1) is 0 Å². The lowest BCUT2D eigenvalue weighted by molar-refractivity contribution is -0.157. The Labute approximate surface area is 154 Å².